The van der Waals surface area contributed by atoms with Gasteiger partial charge in [0.05, 0.1) is 7.11 Å². The van der Waals surface area contributed by atoms with Crippen molar-refractivity contribution < 1.29 is 14.3 Å². The van der Waals surface area contributed by atoms with Gasteiger partial charge in [0.2, 0.25) is 11.0 Å². The smallest absolute Gasteiger partial charge is 0.250 e. The number of nitrogens with one attached hydrogen (secondary N) is 1. The molecule has 1 amide bonds. The van der Waals surface area contributed by atoms with E-state index in [-0.39, 0.29) is 5.91 Å². The second-order valence-electron chi connectivity index (χ2n) is 6.40. The highest BCUT2D eigenvalue weighted by Gasteiger charge is 2.07. The third kappa shape index (κ3) is 6.30. The zero-order valence-corrected chi connectivity index (χ0v) is 18.3. The second kappa shape index (κ2) is 10.8. The van der Waals surface area contributed by atoms with E-state index in [1.54, 1.807) is 13.2 Å². The zero-order valence-electron chi connectivity index (χ0n) is 16.7. The molecule has 8 heteroatoms. The lowest BCUT2D eigenvalue weighted by atomic mass is 10.2. The summed E-state index contributed by atoms with van der Waals surface area (Å²) in [6, 6.07) is 12.9. The van der Waals surface area contributed by atoms with Crippen LogP contribution in [0.3, 0.4) is 0 Å². The topological polar surface area (TPSA) is 73.3 Å². The van der Waals surface area contributed by atoms with Crippen molar-refractivity contribution >= 4 is 40.1 Å². The number of carbonyl (C=O) groups excluding carboxylic acids is 1. The van der Waals surface area contributed by atoms with Gasteiger partial charge in [0.15, 0.2) is 11.5 Å². The first-order valence-corrected chi connectivity index (χ1v) is 10.6. The summed E-state index contributed by atoms with van der Waals surface area (Å²) in [6.45, 7) is 2.47. The molecule has 0 aliphatic rings. The Kier molecular flexibility index (Phi) is 7.82. The molecule has 30 heavy (non-hydrogen) atoms. The summed E-state index contributed by atoms with van der Waals surface area (Å²) in [5.41, 5.74) is 1.81. The van der Waals surface area contributed by atoms with Crippen LogP contribution in [-0.4, -0.2) is 23.2 Å². The standard InChI is InChI=1S/C22H22ClN3O3S/c1-3-4-21-25-26-22(30-21)24-20(27)12-8-15-7-11-18(19(13-15)28-2)29-14-16-5-9-17(23)10-6-16/h5-13H,3-4,14H2,1-2H3,(H,24,26,27)/b12-8+. The predicted molar refractivity (Wildman–Crippen MR) is 120 cm³/mol. The molecule has 0 bridgehead atoms. The SMILES string of the molecule is CCCc1nnc(NC(=O)/C=C/c2ccc(OCc3ccc(Cl)cc3)c(OC)c2)s1. The molecule has 3 rings (SSSR count). The minimum atomic E-state index is -0.267. The summed E-state index contributed by atoms with van der Waals surface area (Å²) in [7, 11) is 1.58. The Bertz CT molecular complexity index is 1020. The Labute approximate surface area is 184 Å². The molecule has 1 aromatic heterocycles. The number of amides is 1. The number of methoxy groups -OCH3 is 1. The van der Waals surface area contributed by atoms with Gasteiger partial charge >= 0.3 is 0 Å². The Morgan fingerprint density at radius 1 is 1.17 bits per heavy atom. The van der Waals surface area contributed by atoms with Gasteiger partial charge in [-0.3, -0.25) is 10.1 Å². The molecule has 0 aliphatic heterocycles. The largest absolute Gasteiger partial charge is 0.493 e. The molecule has 0 spiro atoms. The van der Waals surface area contributed by atoms with Gasteiger partial charge < -0.3 is 9.47 Å². The number of halogens is 1. The van der Waals surface area contributed by atoms with Crippen molar-refractivity contribution in [2.75, 3.05) is 12.4 Å². The first-order valence-electron chi connectivity index (χ1n) is 9.44. The van der Waals surface area contributed by atoms with E-state index in [2.05, 4.69) is 22.4 Å². The minimum Gasteiger partial charge on any atom is -0.493 e. The van der Waals surface area contributed by atoms with Crippen LogP contribution in [-0.2, 0) is 17.8 Å². The number of hydrogen-bond acceptors (Lipinski definition) is 6. The molecule has 0 radical (unpaired) electrons. The number of anilines is 1. The molecular formula is C22H22ClN3O3S. The maximum absolute atomic E-state index is 12.1. The number of benzene rings is 2. The van der Waals surface area contributed by atoms with Crippen LogP contribution in [0, 0.1) is 0 Å². The van der Waals surface area contributed by atoms with Crippen LogP contribution in [0.1, 0.15) is 29.5 Å². The fourth-order valence-electron chi connectivity index (χ4n) is 2.59. The fraction of sp³-hybridized carbons (Fsp3) is 0.227. The number of hydrogen-bond donors (Lipinski definition) is 1. The first-order chi connectivity index (χ1) is 14.6. The van der Waals surface area contributed by atoms with E-state index >= 15 is 0 Å². The molecule has 156 valence electrons. The van der Waals surface area contributed by atoms with E-state index in [0.717, 1.165) is 29.0 Å². The van der Waals surface area contributed by atoms with Crippen molar-refractivity contribution in [1.82, 2.24) is 10.2 Å². The average Bonchev–Trinajstić information content (AvgIpc) is 3.19. The molecule has 0 aliphatic carbocycles. The number of ether oxygens (including phenoxy) is 2. The second-order valence-corrected chi connectivity index (χ2v) is 7.90. The van der Waals surface area contributed by atoms with Gasteiger partial charge in [0.25, 0.3) is 0 Å². The van der Waals surface area contributed by atoms with E-state index < -0.39 is 0 Å². The number of rotatable bonds is 9. The van der Waals surface area contributed by atoms with Crippen LogP contribution < -0.4 is 14.8 Å². The van der Waals surface area contributed by atoms with Crippen molar-refractivity contribution in [1.29, 1.82) is 0 Å². The van der Waals surface area contributed by atoms with Gasteiger partial charge in [0.1, 0.15) is 11.6 Å². The molecule has 2 aromatic carbocycles. The van der Waals surface area contributed by atoms with E-state index in [9.17, 15) is 4.79 Å². The molecule has 0 atom stereocenters. The van der Waals surface area contributed by atoms with E-state index in [4.69, 9.17) is 21.1 Å². The van der Waals surface area contributed by atoms with Gasteiger partial charge in [0, 0.05) is 17.5 Å². The normalized spacial score (nSPS) is 10.9. The quantitative estimate of drug-likeness (QED) is 0.449. The molecule has 1 heterocycles. The highest BCUT2D eigenvalue weighted by atomic mass is 35.5. The summed E-state index contributed by atoms with van der Waals surface area (Å²) < 4.78 is 11.3. The Hall–Kier alpha value is -2.90. The molecule has 0 unspecified atom stereocenters. The van der Waals surface area contributed by atoms with E-state index in [1.807, 2.05) is 42.5 Å². The Morgan fingerprint density at radius 3 is 2.70 bits per heavy atom. The highest BCUT2D eigenvalue weighted by molar-refractivity contribution is 7.15. The van der Waals surface area contributed by atoms with Crippen LogP contribution in [0.2, 0.25) is 5.02 Å². The number of aromatic nitrogens is 2. The maximum atomic E-state index is 12.1. The number of carbonyl (C=O) groups is 1. The van der Waals surface area contributed by atoms with Gasteiger partial charge in [-0.1, -0.05) is 48.1 Å². The van der Waals surface area contributed by atoms with Crippen LogP contribution in [0.15, 0.2) is 48.5 Å². The van der Waals surface area contributed by atoms with Crippen molar-refractivity contribution in [2.24, 2.45) is 0 Å². The summed E-state index contributed by atoms with van der Waals surface area (Å²) in [5.74, 6) is 0.933. The van der Waals surface area contributed by atoms with Gasteiger partial charge in [-0.25, -0.2) is 0 Å². The summed E-state index contributed by atoms with van der Waals surface area (Å²) >= 11 is 7.29. The summed E-state index contributed by atoms with van der Waals surface area (Å²) in [5, 5.41) is 12.8. The van der Waals surface area contributed by atoms with Crippen LogP contribution in [0.4, 0.5) is 5.13 Å². The molecule has 3 aromatic rings. The Balaban J connectivity index is 1.60. The van der Waals surface area contributed by atoms with Gasteiger partial charge in [-0.2, -0.15) is 0 Å². The van der Waals surface area contributed by atoms with Crippen molar-refractivity contribution in [3.05, 3.63) is 69.7 Å². The highest BCUT2D eigenvalue weighted by Crippen LogP contribution is 2.29. The van der Waals surface area contributed by atoms with Crippen LogP contribution >= 0.6 is 22.9 Å². The Morgan fingerprint density at radius 2 is 1.97 bits per heavy atom. The molecule has 0 saturated carbocycles. The lowest BCUT2D eigenvalue weighted by Gasteiger charge is -2.11. The van der Waals surface area contributed by atoms with Crippen molar-refractivity contribution in [3.8, 4) is 11.5 Å². The first kappa shape index (κ1) is 21.8. The summed E-state index contributed by atoms with van der Waals surface area (Å²) in [4.78, 5) is 12.1. The van der Waals surface area contributed by atoms with Crippen LogP contribution in [0.5, 0.6) is 11.5 Å². The lowest BCUT2D eigenvalue weighted by molar-refractivity contribution is -0.111. The molecule has 6 nitrogen and oxygen atoms in total. The number of nitrogens with zero attached hydrogens (tertiary/aromatic N) is 2. The third-order valence-electron chi connectivity index (χ3n) is 4.08. The van der Waals surface area contributed by atoms with E-state index in [1.165, 1.54) is 17.4 Å². The minimum absolute atomic E-state index is 0.267. The molecule has 0 fully saturated rings. The molecule has 0 saturated heterocycles. The van der Waals surface area contributed by atoms with Gasteiger partial charge in [-0.15, -0.1) is 10.2 Å². The molecule has 1 N–H and O–H groups in total. The monoisotopic (exact) mass is 443 g/mol. The molecular weight excluding hydrogens is 422 g/mol. The number of aryl methyl sites for hydroxylation is 1. The van der Waals surface area contributed by atoms with Crippen LogP contribution in [0.25, 0.3) is 6.08 Å². The van der Waals surface area contributed by atoms with Crippen molar-refractivity contribution in [2.45, 2.75) is 26.4 Å². The summed E-state index contributed by atoms with van der Waals surface area (Å²) in [6.07, 6.45) is 5.00. The average molecular weight is 444 g/mol. The van der Waals surface area contributed by atoms with Crippen molar-refractivity contribution in [3.63, 3.8) is 0 Å². The lowest BCUT2D eigenvalue weighted by Crippen LogP contribution is -2.07. The predicted octanol–water partition coefficient (Wildman–Crippen LogP) is 5.38. The van der Waals surface area contributed by atoms with Gasteiger partial charge in [-0.05, 0) is 47.9 Å². The van der Waals surface area contributed by atoms with E-state index in [0.29, 0.717) is 28.3 Å². The third-order valence-corrected chi connectivity index (χ3v) is 5.23. The fourth-order valence-corrected chi connectivity index (χ4v) is 3.56. The zero-order chi connectivity index (χ0) is 21.3. The maximum Gasteiger partial charge on any atom is 0.250 e.